The molecular formula is C19H15N. The van der Waals surface area contributed by atoms with Crippen molar-refractivity contribution < 1.29 is 0 Å². The number of hydrogen-bond acceptors (Lipinski definition) is 1. The lowest BCUT2D eigenvalue weighted by atomic mass is 9.82. The number of fused-ring (bicyclic) bond motifs is 4. The number of benzene rings is 2. The molecule has 96 valence electrons. The maximum absolute atomic E-state index is 9.90. The van der Waals surface area contributed by atoms with Crippen LogP contribution in [0.4, 0.5) is 0 Å². The summed E-state index contributed by atoms with van der Waals surface area (Å²) in [6, 6.07) is 22.2. The summed E-state index contributed by atoms with van der Waals surface area (Å²) in [6.07, 6.45) is 1.15. The molecule has 20 heavy (non-hydrogen) atoms. The number of hydrogen-bond donors (Lipinski definition) is 0. The van der Waals surface area contributed by atoms with Crippen molar-refractivity contribution in [3.8, 4) is 6.07 Å². The van der Waals surface area contributed by atoms with Crippen molar-refractivity contribution in [2.45, 2.75) is 24.2 Å². The summed E-state index contributed by atoms with van der Waals surface area (Å²) in [5.41, 5.74) is 4.23. The average Bonchev–Trinajstić information content (AvgIpc) is 2.95. The second-order valence-corrected chi connectivity index (χ2v) is 6.48. The van der Waals surface area contributed by atoms with Crippen LogP contribution in [0.2, 0.25) is 0 Å². The maximum Gasteiger partial charge on any atom is 0.0754 e. The summed E-state index contributed by atoms with van der Waals surface area (Å²) >= 11 is 0. The first-order chi connectivity index (χ1) is 9.88. The first kappa shape index (κ1) is 10.7. The van der Waals surface area contributed by atoms with Crippen molar-refractivity contribution in [1.82, 2.24) is 0 Å². The van der Waals surface area contributed by atoms with Crippen molar-refractivity contribution in [3.05, 3.63) is 71.3 Å². The third kappa shape index (κ3) is 0.989. The molecule has 1 heteroatoms. The molecule has 0 heterocycles. The lowest BCUT2D eigenvalue weighted by Gasteiger charge is -2.19. The predicted octanol–water partition coefficient (Wildman–Crippen LogP) is 4.19. The number of nitrogens with zero attached hydrogens (tertiary/aromatic N) is 1. The van der Waals surface area contributed by atoms with Gasteiger partial charge in [-0.05, 0) is 34.9 Å². The summed E-state index contributed by atoms with van der Waals surface area (Å²) in [4.78, 5) is 0. The minimum atomic E-state index is -0.111. The van der Waals surface area contributed by atoms with Gasteiger partial charge in [0.1, 0.15) is 0 Å². The van der Waals surface area contributed by atoms with Crippen LogP contribution >= 0.6 is 0 Å². The fourth-order valence-electron chi connectivity index (χ4n) is 5.27. The zero-order chi connectivity index (χ0) is 13.3. The quantitative estimate of drug-likeness (QED) is 0.751. The number of nitriles is 1. The van der Waals surface area contributed by atoms with E-state index in [9.17, 15) is 5.26 Å². The Bertz CT molecular complexity index is 742. The Morgan fingerprint density at radius 1 is 0.950 bits per heavy atom. The Balaban J connectivity index is 1.68. The number of rotatable bonds is 1. The van der Waals surface area contributed by atoms with Crippen LogP contribution in [0.15, 0.2) is 54.6 Å². The molecule has 0 saturated heterocycles. The van der Waals surface area contributed by atoms with E-state index in [-0.39, 0.29) is 5.41 Å². The molecule has 0 aromatic heterocycles. The monoisotopic (exact) mass is 257 g/mol. The van der Waals surface area contributed by atoms with E-state index in [1.807, 2.05) is 0 Å². The van der Waals surface area contributed by atoms with E-state index >= 15 is 0 Å². The molecule has 2 fully saturated rings. The minimum Gasteiger partial charge on any atom is -0.198 e. The van der Waals surface area contributed by atoms with Gasteiger partial charge in [-0.25, -0.2) is 0 Å². The van der Waals surface area contributed by atoms with Gasteiger partial charge in [0.15, 0.2) is 0 Å². The van der Waals surface area contributed by atoms with Crippen LogP contribution in [0, 0.1) is 22.7 Å². The molecule has 1 unspecified atom stereocenters. The highest BCUT2D eigenvalue weighted by Gasteiger charge is 2.79. The second kappa shape index (κ2) is 3.33. The van der Waals surface area contributed by atoms with E-state index in [0.29, 0.717) is 23.7 Å². The Kier molecular flexibility index (Phi) is 1.78. The van der Waals surface area contributed by atoms with Crippen LogP contribution in [0.3, 0.4) is 0 Å². The van der Waals surface area contributed by atoms with Gasteiger partial charge in [0.2, 0.25) is 0 Å². The Hall–Kier alpha value is -2.07. The lowest BCUT2D eigenvalue weighted by Crippen LogP contribution is -2.11. The molecule has 0 spiro atoms. The zero-order valence-electron chi connectivity index (χ0n) is 11.2. The van der Waals surface area contributed by atoms with Crippen LogP contribution in [0.5, 0.6) is 0 Å². The van der Waals surface area contributed by atoms with Crippen LogP contribution in [-0.2, 0) is 0 Å². The molecule has 2 saturated carbocycles. The molecule has 3 aliphatic rings. The SMILES string of the molecule is N#CC12[C@@H]3[C@H]1c1ccccc1[C@@H]3C[C@@H]2c1ccccc1. The molecule has 2 aromatic rings. The molecule has 3 aliphatic carbocycles. The van der Waals surface area contributed by atoms with Crippen LogP contribution in [0.1, 0.15) is 40.9 Å². The fraction of sp³-hybridized carbons (Fsp3) is 0.316. The molecule has 2 aromatic carbocycles. The van der Waals surface area contributed by atoms with Gasteiger partial charge in [0, 0.05) is 11.8 Å². The fourth-order valence-corrected chi connectivity index (χ4v) is 5.27. The summed E-state index contributed by atoms with van der Waals surface area (Å²) in [5.74, 6) is 2.10. The van der Waals surface area contributed by atoms with Gasteiger partial charge in [-0.3, -0.25) is 0 Å². The van der Waals surface area contributed by atoms with E-state index in [0.717, 1.165) is 6.42 Å². The van der Waals surface area contributed by atoms with E-state index in [4.69, 9.17) is 0 Å². The third-order valence-electron chi connectivity index (χ3n) is 5.94. The highest BCUT2D eigenvalue weighted by Crippen LogP contribution is 2.85. The minimum absolute atomic E-state index is 0.111. The van der Waals surface area contributed by atoms with E-state index in [2.05, 4.69) is 60.7 Å². The van der Waals surface area contributed by atoms with Crippen LogP contribution in [0.25, 0.3) is 0 Å². The highest BCUT2D eigenvalue weighted by molar-refractivity contribution is 5.58. The topological polar surface area (TPSA) is 23.8 Å². The summed E-state index contributed by atoms with van der Waals surface area (Å²) in [5, 5.41) is 9.90. The highest BCUT2D eigenvalue weighted by atomic mass is 14.8. The summed E-state index contributed by atoms with van der Waals surface area (Å²) in [6.45, 7) is 0. The van der Waals surface area contributed by atoms with Crippen LogP contribution < -0.4 is 0 Å². The predicted molar refractivity (Wildman–Crippen MR) is 77.3 cm³/mol. The Morgan fingerprint density at radius 2 is 1.65 bits per heavy atom. The van der Waals surface area contributed by atoms with Crippen molar-refractivity contribution in [1.29, 1.82) is 5.26 Å². The molecule has 0 amide bonds. The van der Waals surface area contributed by atoms with Gasteiger partial charge in [0.05, 0.1) is 11.5 Å². The first-order valence-electron chi connectivity index (χ1n) is 7.43. The summed E-state index contributed by atoms with van der Waals surface area (Å²) in [7, 11) is 0. The van der Waals surface area contributed by atoms with Crippen LogP contribution in [-0.4, -0.2) is 0 Å². The molecule has 0 bridgehead atoms. The average molecular weight is 257 g/mol. The van der Waals surface area contributed by atoms with Gasteiger partial charge in [-0.2, -0.15) is 5.26 Å². The van der Waals surface area contributed by atoms with Gasteiger partial charge < -0.3 is 0 Å². The van der Waals surface area contributed by atoms with E-state index < -0.39 is 0 Å². The third-order valence-corrected chi connectivity index (χ3v) is 5.94. The molecule has 1 nitrogen and oxygen atoms in total. The first-order valence-corrected chi connectivity index (χ1v) is 7.43. The second-order valence-electron chi connectivity index (χ2n) is 6.48. The molecule has 5 atom stereocenters. The molecule has 0 N–H and O–H groups in total. The molecule has 0 radical (unpaired) electrons. The van der Waals surface area contributed by atoms with Crippen molar-refractivity contribution in [2.24, 2.45) is 11.3 Å². The van der Waals surface area contributed by atoms with Crippen molar-refractivity contribution in [2.75, 3.05) is 0 Å². The zero-order valence-corrected chi connectivity index (χ0v) is 11.2. The smallest absolute Gasteiger partial charge is 0.0754 e. The summed E-state index contributed by atoms with van der Waals surface area (Å²) < 4.78 is 0. The standard InChI is InChI=1S/C19H15N/c20-11-19-16(12-6-2-1-3-7-12)10-15-13-8-4-5-9-14(13)17(19)18(15)19/h1-9,15-18H,10H2/t15-,16+,17+,18-,19?/m0/s1. The van der Waals surface area contributed by atoms with Gasteiger partial charge in [-0.1, -0.05) is 54.6 Å². The molecular weight excluding hydrogens is 242 g/mol. The van der Waals surface area contributed by atoms with Gasteiger partial charge >= 0.3 is 0 Å². The Morgan fingerprint density at radius 3 is 2.40 bits per heavy atom. The van der Waals surface area contributed by atoms with E-state index in [1.165, 1.54) is 16.7 Å². The largest absolute Gasteiger partial charge is 0.198 e. The normalized spacial score (nSPS) is 39.0. The van der Waals surface area contributed by atoms with Crippen molar-refractivity contribution >= 4 is 0 Å². The lowest BCUT2D eigenvalue weighted by molar-refractivity contribution is 0.512. The Labute approximate surface area is 118 Å². The molecule has 0 aliphatic heterocycles. The maximum atomic E-state index is 9.90. The molecule has 5 rings (SSSR count). The van der Waals surface area contributed by atoms with Gasteiger partial charge in [-0.15, -0.1) is 0 Å². The van der Waals surface area contributed by atoms with Crippen molar-refractivity contribution in [3.63, 3.8) is 0 Å². The van der Waals surface area contributed by atoms with Gasteiger partial charge in [0.25, 0.3) is 0 Å². The van der Waals surface area contributed by atoms with E-state index in [1.54, 1.807) is 0 Å².